The number of piperazine rings is 1. The summed E-state index contributed by atoms with van der Waals surface area (Å²) in [4.78, 5) is 21.3. The Morgan fingerprint density at radius 3 is 2.85 bits per heavy atom. The smallest absolute Gasteiger partial charge is 0.392 e. The number of aliphatic hydroxyl groups excluding tert-OH is 1. The summed E-state index contributed by atoms with van der Waals surface area (Å²) < 4.78 is 5.54. The molecule has 3 heterocycles. The topological polar surface area (TPSA) is 77.9 Å². The lowest BCUT2D eigenvalue weighted by molar-refractivity contribution is 0.0268. The second-order valence-electron chi connectivity index (χ2n) is 7.47. The summed E-state index contributed by atoms with van der Waals surface area (Å²) in [7, 11) is 0. The Morgan fingerprint density at radius 1 is 1.38 bits per heavy atom. The van der Waals surface area contributed by atoms with Crippen molar-refractivity contribution in [3.05, 3.63) is 23.9 Å². The van der Waals surface area contributed by atoms with Crippen molar-refractivity contribution in [2.24, 2.45) is 5.92 Å². The van der Waals surface area contributed by atoms with Crippen LogP contribution in [-0.2, 0) is 6.61 Å². The summed E-state index contributed by atoms with van der Waals surface area (Å²) in [5.74, 6) is 0.735. The van der Waals surface area contributed by atoms with Gasteiger partial charge in [0.25, 0.3) is 0 Å². The number of piperidine rings is 1. The van der Waals surface area contributed by atoms with Crippen molar-refractivity contribution >= 4 is 6.09 Å². The number of aromatic nitrogens is 1. The summed E-state index contributed by atoms with van der Waals surface area (Å²) in [6.45, 7) is 8.75. The van der Waals surface area contributed by atoms with Crippen LogP contribution in [0, 0.1) is 5.92 Å². The highest BCUT2D eigenvalue weighted by atomic mass is 16.6. The van der Waals surface area contributed by atoms with Crippen LogP contribution >= 0.6 is 0 Å². The van der Waals surface area contributed by atoms with E-state index in [0.29, 0.717) is 24.1 Å². The molecular formula is C19H30N4O3. The van der Waals surface area contributed by atoms with Crippen molar-refractivity contribution in [3.63, 3.8) is 0 Å². The first-order valence-electron chi connectivity index (χ1n) is 9.57. The Kier molecular flexibility index (Phi) is 6.45. The summed E-state index contributed by atoms with van der Waals surface area (Å²) in [6.07, 6.45) is 3.38. The molecule has 1 aromatic heterocycles. The van der Waals surface area contributed by atoms with Gasteiger partial charge in [-0.3, -0.25) is 4.90 Å². The van der Waals surface area contributed by atoms with Crippen LogP contribution in [0.2, 0.25) is 0 Å². The number of hydrogen-bond acceptors (Lipinski definition) is 6. The number of nitrogens with zero attached hydrogens (tertiary/aromatic N) is 3. The average Bonchev–Trinajstić information content (AvgIpc) is 2.68. The van der Waals surface area contributed by atoms with Crippen molar-refractivity contribution in [1.82, 2.24) is 20.1 Å². The predicted molar refractivity (Wildman–Crippen MR) is 99.0 cm³/mol. The molecule has 2 N–H and O–H groups in total. The number of rotatable bonds is 4. The van der Waals surface area contributed by atoms with Gasteiger partial charge < -0.3 is 20.1 Å². The van der Waals surface area contributed by atoms with Crippen molar-refractivity contribution < 1.29 is 14.6 Å². The number of hydrogen-bond donors (Lipinski definition) is 2. The van der Waals surface area contributed by atoms with Crippen LogP contribution in [0.15, 0.2) is 18.3 Å². The lowest BCUT2D eigenvalue weighted by Gasteiger charge is -2.46. The third-order valence-electron chi connectivity index (χ3n) is 5.52. The molecule has 2 saturated heterocycles. The quantitative estimate of drug-likeness (QED) is 0.845. The maximum Gasteiger partial charge on any atom is 0.416 e. The normalized spacial score (nSPS) is 22.6. The predicted octanol–water partition coefficient (Wildman–Crippen LogP) is 1.47. The number of aliphatic hydroxyl groups is 1. The highest BCUT2D eigenvalue weighted by Gasteiger charge is 2.37. The van der Waals surface area contributed by atoms with Crippen LogP contribution < -0.4 is 10.1 Å². The standard InChI is InChI=1S/C19H30N4O3/c1-14(2)22-9-10-23(17(12-22)16-4-6-20-7-5-16)19(25)26-18-11-15(13-24)3-8-21-18/h3,8,11,14,16-17,20,24H,4-7,9-10,12-13H2,1-2H3. The van der Waals surface area contributed by atoms with E-state index < -0.39 is 0 Å². The average molecular weight is 362 g/mol. The Balaban J connectivity index is 1.72. The molecule has 7 heteroatoms. The summed E-state index contributed by atoms with van der Waals surface area (Å²) >= 11 is 0. The van der Waals surface area contributed by atoms with Crippen molar-refractivity contribution in [1.29, 1.82) is 0 Å². The SMILES string of the molecule is CC(C)N1CCN(C(=O)Oc2cc(CO)ccn2)C(C2CCNCC2)C1. The summed E-state index contributed by atoms with van der Waals surface area (Å²) in [5, 5.41) is 12.7. The van der Waals surface area contributed by atoms with Gasteiger partial charge in [0.1, 0.15) is 0 Å². The van der Waals surface area contributed by atoms with E-state index in [9.17, 15) is 9.90 Å². The molecule has 1 unspecified atom stereocenters. The van der Waals surface area contributed by atoms with Gasteiger partial charge in [0.15, 0.2) is 0 Å². The number of pyridine rings is 1. The third kappa shape index (κ3) is 4.52. The van der Waals surface area contributed by atoms with Crippen LogP contribution in [-0.4, -0.2) is 70.8 Å². The monoisotopic (exact) mass is 362 g/mol. The molecule has 0 aliphatic carbocycles. The molecule has 0 radical (unpaired) electrons. The Bertz CT molecular complexity index is 604. The Labute approximate surface area is 155 Å². The van der Waals surface area contributed by atoms with E-state index in [4.69, 9.17) is 4.74 Å². The van der Waals surface area contributed by atoms with Crippen molar-refractivity contribution in [3.8, 4) is 5.88 Å². The van der Waals surface area contributed by atoms with Gasteiger partial charge in [-0.15, -0.1) is 0 Å². The molecule has 2 aliphatic rings. The fraction of sp³-hybridized carbons (Fsp3) is 0.684. The molecule has 1 atom stereocenters. The van der Waals surface area contributed by atoms with Gasteiger partial charge in [-0.2, -0.15) is 0 Å². The van der Waals surface area contributed by atoms with Crippen LogP contribution in [0.25, 0.3) is 0 Å². The molecule has 1 aromatic rings. The zero-order chi connectivity index (χ0) is 18.5. The van der Waals surface area contributed by atoms with E-state index in [-0.39, 0.29) is 24.6 Å². The van der Waals surface area contributed by atoms with Crippen molar-refractivity contribution in [2.75, 3.05) is 32.7 Å². The maximum atomic E-state index is 12.9. The number of nitrogens with one attached hydrogen (secondary N) is 1. The molecule has 0 saturated carbocycles. The first-order chi connectivity index (χ1) is 12.6. The summed E-state index contributed by atoms with van der Waals surface area (Å²) in [6, 6.07) is 3.96. The van der Waals surface area contributed by atoms with Crippen LogP contribution in [0.4, 0.5) is 4.79 Å². The Morgan fingerprint density at radius 2 is 2.15 bits per heavy atom. The van der Waals surface area contributed by atoms with Gasteiger partial charge in [0, 0.05) is 37.9 Å². The van der Waals surface area contributed by atoms with Gasteiger partial charge in [-0.25, -0.2) is 9.78 Å². The lowest BCUT2D eigenvalue weighted by atomic mass is 9.87. The van der Waals surface area contributed by atoms with E-state index >= 15 is 0 Å². The van der Waals surface area contributed by atoms with Gasteiger partial charge >= 0.3 is 6.09 Å². The zero-order valence-electron chi connectivity index (χ0n) is 15.7. The van der Waals surface area contributed by atoms with Gasteiger partial charge in [0.2, 0.25) is 5.88 Å². The molecule has 144 valence electrons. The van der Waals surface area contributed by atoms with E-state index in [1.54, 1.807) is 18.3 Å². The first-order valence-corrected chi connectivity index (χ1v) is 9.57. The molecular weight excluding hydrogens is 332 g/mol. The zero-order valence-corrected chi connectivity index (χ0v) is 15.7. The van der Waals surface area contributed by atoms with E-state index in [1.807, 2.05) is 4.90 Å². The molecule has 2 fully saturated rings. The maximum absolute atomic E-state index is 12.9. The van der Waals surface area contributed by atoms with Gasteiger partial charge in [0.05, 0.1) is 12.6 Å². The fourth-order valence-electron chi connectivity index (χ4n) is 3.91. The largest absolute Gasteiger partial charge is 0.416 e. The molecule has 3 rings (SSSR count). The molecule has 7 nitrogen and oxygen atoms in total. The molecule has 26 heavy (non-hydrogen) atoms. The minimum Gasteiger partial charge on any atom is -0.392 e. The highest BCUT2D eigenvalue weighted by molar-refractivity contribution is 5.71. The van der Waals surface area contributed by atoms with Gasteiger partial charge in [-0.05, 0) is 57.3 Å². The van der Waals surface area contributed by atoms with Gasteiger partial charge in [-0.1, -0.05) is 0 Å². The minimum atomic E-state index is -0.334. The molecule has 2 aliphatic heterocycles. The minimum absolute atomic E-state index is 0.0994. The molecule has 0 spiro atoms. The third-order valence-corrected chi connectivity index (χ3v) is 5.52. The number of carbonyl (C=O) groups excluding carboxylic acids is 1. The fourth-order valence-corrected chi connectivity index (χ4v) is 3.91. The van der Waals surface area contributed by atoms with Crippen LogP contribution in [0.5, 0.6) is 5.88 Å². The van der Waals surface area contributed by atoms with Crippen LogP contribution in [0.1, 0.15) is 32.3 Å². The highest BCUT2D eigenvalue weighted by Crippen LogP contribution is 2.26. The lowest BCUT2D eigenvalue weighted by Crippen LogP contribution is -2.60. The van der Waals surface area contributed by atoms with E-state index in [1.165, 1.54) is 0 Å². The number of ether oxygens (including phenoxy) is 1. The second-order valence-corrected chi connectivity index (χ2v) is 7.47. The second kappa shape index (κ2) is 8.79. The van der Waals surface area contributed by atoms with E-state index in [0.717, 1.165) is 39.0 Å². The molecule has 0 aromatic carbocycles. The van der Waals surface area contributed by atoms with Crippen LogP contribution in [0.3, 0.4) is 0 Å². The van der Waals surface area contributed by atoms with E-state index in [2.05, 4.69) is 29.0 Å². The first kappa shape index (κ1) is 19.1. The Hall–Kier alpha value is -1.70. The molecule has 1 amide bonds. The summed E-state index contributed by atoms with van der Waals surface area (Å²) in [5.41, 5.74) is 0.683. The molecule has 0 bridgehead atoms. The number of amides is 1. The number of carbonyl (C=O) groups is 1. The van der Waals surface area contributed by atoms with Crippen molar-refractivity contribution in [2.45, 2.75) is 45.4 Å².